The van der Waals surface area contributed by atoms with Crippen molar-refractivity contribution in [1.29, 1.82) is 0 Å². The standard InChI is InChI=1S/C11H12N6O2S/c12-10-13-5(4-20-10)2-1-3-6-14-7-8(15-6)16-11(19)17-9(7)18/h4H,1-3H2,(H2,12,13)(H3,14,15,16,17,18,19). The lowest BCUT2D eigenvalue weighted by Gasteiger charge is -1.95. The van der Waals surface area contributed by atoms with Crippen LogP contribution < -0.4 is 17.0 Å². The normalized spacial score (nSPS) is 11.2. The van der Waals surface area contributed by atoms with Gasteiger partial charge in [0.05, 0.1) is 5.69 Å². The zero-order chi connectivity index (χ0) is 14.1. The summed E-state index contributed by atoms with van der Waals surface area (Å²) in [5.74, 6) is 0.663. The van der Waals surface area contributed by atoms with Gasteiger partial charge in [-0.25, -0.2) is 14.8 Å². The van der Waals surface area contributed by atoms with E-state index in [2.05, 4.69) is 24.9 Å². The minimum absolute atomic E-state index is 0.284. The number of H-pyrrole nitrogens is 3. The molecule has 9 heteroatoms. The number of aryl methyl sites for hydroxylation is 2. The Labute approximate surface area is 116 Å². The highest BCUT2D eigenvalue weighted by Gasteiger charge is 2.08. The largest absolute Gasteiger partial charge is 0.375 e. The molecule has 0 amide bonds. The first-order chi connectivity index (χ1) is 9.61. The molecule has 3 aromatic heterocycles. The van der Waals surface area contributed by atoms with E-state index in [0.717, 1.165) is 18.5 Å². The van der Waals surface area contributed by atoms with E-state index in [1.54, 1.807) is 0 Å². The summed E-state index contributed by atoms with van der Waals surface area (Å²) in [6.45, 7) is 0. The number of fused-ring (bicyclic) bond motifs is 1. The van der Waals surface area contributed by atoms with Crippen molar-refractivity contribution in [2.45, 2.75) is 19.3 Å². The molecule has 3 heterocycles. The van der Waals surface area contributed by atoms with Gasteiger partial charge < -0.3 is 10.7 Å². The van der Waals surface area contributed by atoms with E-state index in [1.165, 1.54) is 11.3 Å². The number of nitrogens with one attached hydrogen (secondary N) is 3. The van der Waals surface area contributed by atoms with Gasteiger partial charge in [0, 0.05) is 11.8 Å². The Bertz CT molecular complexity index is 858. The predicted octanol–water partition coefficient (Wildman–Crippen LogP) is 0.153. The second kappa shape index (κ2) is 4.93. The van der Waals surface area contributed by atoms with Crippen LogP contribution in [-0.4, -0.2) is 24.9 Å². The Morgan fingerprint density at radius 3 is 2.75 bits per heavy atom. The molecule has 5 N–H and O–H groups in total. The van der Waals surface area contributed by atoms with Crippen LogP contribution in [0.15, 0.2) is 15.0 Å². The van der Waals surface area contributed by atoms with E-state index in [4.69, 9.17) is 5.73 Å². The molecule has 8 nitrogen and oxygen atoms in total. The number of thiazole rings is 1. The Balaban J connectivity index is 1.73. The molecular weight excluding hydrogens is 280 g/mol. The van der Waals surface area contributed by atoms with Gasteiger partial charge in [-0.15, -0.1) is 11.3 Å². The van der Waals surface area contributed by atoms with Crippen molar-refractivity contribution in [3.63, 3.8) is 0 Å². The molecule has 3 aromatic rings. The van der Waals surface area contributed by atoms with Gasteiger partial charge >= 0.3 is 5.69 Å². The van der Waals surface area contributed by atoms with Gasteiger partial charge in [0.2, 0.25) is 0 Å². The van der Waals surface area contributed by atoms with Crippen molar-refractivity contribution in [2.24, 2.45) is 0 Å². The Morgan fingerprint density at radius 1 is 1.15 bits per heavy atom. The van der Waals surface area contributed by atoms with Gasteiger partial charge in [-0.1, -0.05) is 0 Å². The average Bonchev–Trinajstić information content (AvgIpc) is 2.96. The maximum Gasteiger partial charge on any atom is 0.327 e. The molecule has 0 saturated carbocycles. The first-order valence-electron chi connectivity index (χ1n) is 6.03. The smallest absolute Gasteiger partial charge is 0.327 e. The molecule has 3 rings (SSSR count). The molecule has 0 aliphatic carbocycles. The molecule has 0 atom stereocenters. The number of rotatable bonds is 4. The molecule has 0 aliphatic heterocycles. The van der Waals surface area contributed by atoms with E-state index in [9.17, 15) is 9.59 Å². The van der Waals surface area contributed by atoms with Crippen LogP contribution >= 0.6 is 11.3 Å². The summed E-state index contributed by atoms with van der Waals surface area (Å²) in [5, 5.41) is 2.49. The number of hydrogen-bond acceptors (Lipinski definition) is 6. The summed E-state index contributed by atoms with van der Waals surface area (Å²) in [5.41, 5.74) is 6.07. The molecule has 104 valence electrons. The summed E-state index contributed by atoms with van der Waals surface area (Å²) in [4.78, 5) is 38.6. The highest BCUT2D eigenvalue weighted by molar-refractivity contribution is 7.13. The number of aromatic amines is 3. The zero-order valence-electron chi connectivity index (χ0n) is 10.4. The van der Waals surface area contributed by atoms with Crippen molar-refractivity contribution < 1.29 is 0 Å². The monoisotopic (exact) mass is 292 g/mol. The third kappa shape index (κ3) is 2.48. The summed E-state index contributed by atoms with van der Waals surface area (Å²) >= 11 is 1.42. The molecule has 0 aromatic carbocycles. The fraction of sp³-hybridized carbons (Fsp3) is 0.273. The molecule has 0 unspecified atom stereocenters. The molecule has 0 saturated heterocycles. The SMILES string of the molecule is Nc1nc(CCCc2nc3[nH]c(=O)[nH]c(=O)c3[nH]2)cs1. The van der Waals surface area contributed by atoms with Gasteiger partial charge in [0.1, 0.15) is 11.3 Å². The number of hydrogen-bond donors (Lipinski definition) is 4. The zero-order valence-corrected chi connectivity index (χ0v) is 11.2. The molecule has 0 bridgehead atoms. The van der Waals surface area contributed by atoms with Crippen LogP contribution in [0.3, 0.4) is 0 Å². The first kappa shape index (κ1) is 12.6. The van der Waals surface area contributed by atoms with Crippen LogP contribution in [-0.2, 0) is 12.8 Å². The third-order valence-electron chi connectivity index (χ3n) is 2.85. The quantitative estimate of drug-likeness (QED) is 0.543. The van der Waals surface area contributed by atoms with E-state index in [-0.39, 0.29) is 11.2 Å². The topological polar surface area (TPSA) is 133 Å². The maximum atomic E-state index is 11.5. The van der Waals surface area contributed by atoms with Gasteiger partial charge in [-0.05, 0) is 12.8 Å². The van der Waals surface area contributed by atoms with Crippen molar-refractivity contribution >= 4 is 27.6 Å². The second-order valence-corrected chi connectivity index (χ2v) is 5.24. The number of nitrogen functional groups attached to an aromatic ring is 1. The van der Waals surface area contributed by atoms with Crippen LogP contribution in [0.2, 0.25) is 0 Å². The number of anilines is 1. The van der Waals surface area contributed by atoms with Crippen LogP contribution in [0.25, 0.3) is 11.2 Å². The fourth-order valence-corrected chi connectivity index (χ4v) is 2.57. The lowest BCUT2D eigenvalue weighted by molar-refractivity contribution is 0.773. The van der Waals surface area contributed by atoms with Gasteiger partial charge in [0.25, 0.3) is 5.56 Å². The number of imidazole rings is 1. The number of aromatic nitrogens is 5. The van der Waals surface area contributed by atoms with E-state index in [1.807, 2.05) is 5.38 Å². The van der Waals surface area contributed by atoms with Gasteiger partial charge in [-0.2, -0.15) is 0 Å². The van der Waals surface area contributed by atoms with E-state index >= 15 is 0 Å². The summed E-state index contributed by atoms with van der Waals surface area (Å²) in [6.07, 6.45) is 2.27. The summed E-state index contributed by atoms with van der Waals surface area (Å²) in [7, 11) is 0. The second-order valence-electron chi connectivity index (χ2n) is 4.35. The first-order valence-corrected chi connectivity index (χ1v) is 6.91. The highest BCUT2D eigenvalue weighted by atomic mass is 32.1. The fourth-order valence-electron chi connectivity index (χ4n) is 1.97. The Hall–Kier alpha value is -2.42. The predicted molar refractivity (Wildman–Crippen MR) is 75.9 cm³/mol. The van der Waals surface area contributed by atoms with Crippen molar-refractivity contribution in [1.82, 2.24) is 24.9 Å². The summed E-state index contributed by atoms with van der Waals surface area (Å²) in [6, 6.07) is 0. The summed E-state index contributed by atoms with van der Waals surface area (Å²) < 4.78 is 0. The minimum Gasteiger partial charge on any atom is -0.375 e. The minimum atomic E-state index is -0.557. The average molecular weight is 292 g/mol. The molecule has 0 aliphatic rings. The van der Waals surface area contributed by atoms with Crippen molar-refractivity contribution in [2.75, 3.05) is 5.73 Å². The molecule has 0 fully saturated rings. The Kier molecular flexibility index (Phi) is 3.11. The molecule has 0 radical (unpaired) electrons. The van der Waals surface area contributed by atoms with E-state index < -0.39 is 11.2 Å². The van der Waals surface area contributed by atoms with Crippen molar-refractivity contribution in [3.05, 3.63) is 37.7 Å². The van der Waals surface area contributed by atoms with Crippen LogP contribution in [0.1, 0.15) is 17.9 Å². The van der Waals surface area contributed by atoms with Gasteiger partial charge in [0.15, 0.2) is 10.8 Å². The maximum absolute atomic E-state index is 11.5. The molecule has 20 heavy (non-hydrogen) atoms. The van der Waals surface area contributed by atoms with Crippen LogP contribution in [0, 0.1) is 0 Å². The van der Waals surface area contributed by atoms with Gasteiger partial charge in [-0.3, -0.25) is 14.8 Å². The van der Waals surface area contributed by atoms with Crippen molar-refractivity contribution in [3.8, 4) is 0 Å². The molecule has 0 spiro atoms. The number of nitrogens with two attached hydrogens (primary N) is 1. The van der Waals surface area contributed by atoms with Crippen LogP contribution in [0.5, 0.6) is 0 Å². The lowest BCUT2D eigenvalue weighted by atomic mass is 10.2. The van der Waals surface area contributed by atoms with E-state index in [0.29, 0.717) is 17.4 Å². The van der Waals surface area contributed by atoms with Crippen LogP contribution in [0.4, 0.5) is 5.13 Å². The molecular formula is C11H12N6O2S. The lowest BCUT2D eigenvalue weighted by Crippen LogP contribution is -2.21. The third-order valence-corrected chi connectivity index (χ3v) is 3.58. The Morgan fingerprint density at radius 2 is 2.00 bits per heavy atom. The highest BCUT2D eigenvalue weighted by Crippen LogP contribution is 2.13. The number of nitrogens with zero attached hydrogens (tertiary/aromatic N) is 2.